The number of esters is 1. The summed E-state index contributed by atoms with van der Waals surface area (Å²) >= 11 is 0. The summed E-state index contributed by atoms with van der Waals surface area (Å²) in [6.45, 7) is 1.98. The molecule has 19 heavy (non-hydrogen) atoms. The third-order valence-corrected chi connectivity index (χ3v) is 4.92. The molecule has 1 saturated carbocycles. The van der Waals surface area contributed by atoms with Gasteiger partial charge in [0.1, 0.15) is 0 Å². The summed E-state index contributed by atoms with van der Waals surface area (Å²) in [5, 5.41) is 0. The number of hydrogen-bond donors (Lipinski definition) is 0. The predicted molar refractivity (Wildman–Crippen MR) is 67.5 cm³/mol. The standard InChI is InChI=1S/C15H17NO3/c1-7-5-8(3-4-16-7)11-12(15(17)18-2)14-10-6-9(10)13(11)19-14/h3-5,9-14H,6H2,1-2H3/t9-,10+,11+,12-,13-,14+/m0/s1. The molecule has 3 aliphatic rings. The van der Waals surface area contributed by atoms with E-state index in [1.54, 1.807) is 0 Å². The lowest BCUT2D eigenvalue weighted by Crippen LogP contribution is -2.34. The summed E-state index contributed by atoms with van der Waals surface area (Å²) in [6, 6.07) is 4.08. The van der Waals surface area contributed by atoms with Gasteiger partial charge in [0.2, 0.25) is 0 Å². The molecule has 4 rings (SSSR count). The Morgan fingerprint density at radius 2 is 2.21 bits per heavy atom. The zero-order valence-electron chi connectivity index (χ0n) is 11.1. The van der Waals surface area contributed by atoms with Crippen LogP contribution >= 0.6 is 0 Å². The van der Waals surface area contributed by atoms with Gasteiger partial charge in [-0.25, -0.2) is 0 Å². The second-order valence-electron chi connectivity index (χ2n) is 5.93. The molecule has 0 N–H and O–H groups in total. The van der Waals surface area contributed by atoms with Crippen molar-refractivity contribution in [2.45, 2.75) is 31.5 Å². The number of nitrogens with zero attached hydrogens (tertiary/aromatic N) is 1. The van der Waals surface area contributed by atoms with Gasteiger partial charge in [-0.1, -0.05) is 0 Å². The van der Waals surface area contributed by atoms with Crippen LogP contribution in [0.3, 0.4) is 0 Å². The maximum Gasteiger partial charge on any atom is 0.312 e. The van der Waals surface area contributed by atoms with Crippen LogP contribution in [-0.2, 0) is 14.3 Å². The molecule has 2 saturated heterocycles. The number of pyridine rings is 1. The van der Waals surface area contributed by atoms with E-state index in [0.717, 1.165) is 5.69 Å². The number of fused-ring (bicyclic) bond motifs is 5. The van der Waals surface area contributed by atoms with Gasteiger partial charge in [0, 0.05) is 17.8 Å². The Morgan fingerprint density at radius 1 is 1.42 bits per heavy atom. The first kappa shape index (κ1) is 11.4. The molecule has 4 heteroatoms. The number of ether oxygens (including phenoxy) is 2. The van der Waals surface area contributed by atoms with E-state index in [1.807, 2.05) is 19.2 Å². The van der Waals surface area contributed by atoms with Crippen molar-refractivity contribution < 1.29 is 14.3 Å². The minimum atomic E-state index is -0.138. The molecule has 0 amide bonds. The lowest BCUT2D eigenvalue weighted by atomic mass is 9.75. The first-order valence-corrected chi connectivity index (χ1v) is 6.86. The van der Waals surface area contributed by atoms with E-state index in [0.29, 0.717) is 11.8 Å². The highest BCUT2D eigenvalue weighted by Gasteiger charge is 2.69. The molecule has 0 aromatic carbocycles. The molecular formula is C15H17NO3. The number of carbonyl (C=O) groups excluding carboxylic acids is 1. The molecule has 1 aliphatic carbocycles. The van der Waals surface area contributed by atoms with Crippen molar-refractivity contribution in [2.24, 2.45) is 17.8 Å². The van der Waals surface area contributed by atoms with Crippen LogP contribution in [0.15, 0.2) is 18.3 Å². The number of rotatable bonds is 2. The first-order chi connectivity index (χ1) is 9.20. The Hall–Kier alpha value is -1.42. The molecule has 6 atom stereocenters. The van der Waals surface area contributed by atoms with Crippen LogP contribution in [0.5, 0.6) is 0 Å². The Bertz CT molecular complexity index is 544. The average Bonchev–Trinajstić information content (AvgIpc) is 3.03. The maximum absolute atomic E-state index is 12.1. The Labute approximate surface area is 112 Å². The number of methoxy groups -OCH3 is 1. The van der Waals surface area contributed by atoms with E-state index in [1.165, 1.54) is 19.1 Å². The smallest absolute Gasteiger partial charge is 0.312 e. The average molecular weight is 259 g/mol. The van der Waals surface area contributed by atoms with Gasteiger partial charge >= 0.3 is 5.97 Å². The molecule has 3 fully saturated rings. The molecule has 0 radical (unpaired) electrons. The normalized spacial score (nSPS) is 42.0. The second kappa shape index (κ2) is 3.79. The van der Waals surface area contributed by atoms with Gasteiger partial charge in [0.15, 0.2) is 0 Å². The van der Waals surface area contributed by atoms with Gasteiger partial charge in [-0.15, -0.1) is 0 Å². The maximum atomic E-state index is 12.1. The van der Waals surface area contributed by atoms with E-state index in [9.17, 15) is 4.79 Å². The molecule has 0 unspecified atom stereocenters. The van der Waals surface area contributed by atoms with Gasteiger partial charge in [0.25, 0.3) is 0 Å². The minimum absolute atomic E-state index is 0.0703. The topological polar surface area (TPSA) is 48.4 Å². The number of aryl methyl sites for hydroxylation is 1. The van der Waals surface area contributed by atoms with Crippen molar-refractivity contribution in [1.29, 1.82) is 0 Å². The van der Waals surface area contributed by atoms with Crippen LogP contribution in [0.2, 0.25) is 0 Å². The molecule has 4 nitrogen and oxygen atoms in total. The SMILES string of the molecule is COC(=O)[C@@H]1[C@@H]2O[C@@H]([C@H]3C[C@H]32)[C@@H]1c1ccnc(C)c1. The van der Waals surface area contributed by atoms with Crippen LogP contribution in [0.25, 0.3) is 0 Å². The molecule has 100 valence electrons. The number of hydrogen-bond acceptors (Lipinski definition) is 4. The summed E-state index contributed by atoms with van der Waals surface area (Å²) in [6.07, 6.45) is 3.29. The van der Waals surface area contributed by atoms with Crippen molar-refractivity contribution in [3.63, 3.8) is 0 Å². The second-order valence-corrected chi connectivity index (χ2v) is 5.93. The summed E-state index contributed by atoms with van der Waals surface area (Å²) < 4.78 is 11.1. The van der Waals surface area contributed by atoms with E-state index in [-0.39, 0.29) is 30.0 Å². The highest BCUT2D eigenvalue weighted by atomic mass is 16.5. The molecule has 2 aliphatic heterocycles. The zero-order valence-corrected chi connectivity index (χ0v) is 11.1. The Kier molecular flexibility index (Phi) is 2.28. The molecule has 2 bridgehead atoms. The molecule has 0 spiro atoms. The van der Waals surface area contributed by atoms with Gasteiger partial charge in [-0.3, -0.25) is 9.78 Å². The third-order valence-electron chi connectivity index (χ3n) is 4.92. The van der Waals surface area contributed by atoms with Crippen LogP contribution in [-0.4, -0.2) is 30.3 Å². The summed E-state index contributed by atoms with van der Waals surface area (Å²) in [5.74, 6) is 1.12. The van der Waals surface area contributed by atoms with E-state index in [2.05, 4.69) is 11.1 Å². The van der Waals surface area contributed by atoms with Gasteiger partial charge in [-0.05, 0) is 42.9 Å². The van der Waals surface area contributed by atoms with Gasteiger partial charge < -0.3 is 9.47 Å². The van der Waals surface area contributed by atoms with Crippen molar-refractivity contribution in [3.05, 3.63) is 29.6 Å². The lowest BCUT2D eigenvalue weighted by Gasteiger charge is -2.26. The zero-order chi connectivity index (χ0) is 13.1. The molecule has 1 aromatic heterocycles. The fourth-order valence-corrected chi connectivity index (χ4v) is 4.07. The molecule has 1 aromatic rings. The van der Waals surface area contributed by atoms with Crippen LogP contribution < -0.4 is 0 Å². The predicted octanol–water partition coefficient (Wildman–Crippen LogP) is 1.68. The Balaban J connectivity index is 1.74. The molecule has 3 heterocycles. The monoisotopic (exact) mass is 259 g/mol. The van der Waals surface area contributed by atoms with E-state index < -0.39 is 0 Å². The largest absolute Gasteiger partial charge is 0.469 e. The van der Waals surface area contributed by atoms with Crippen LogP contribution in [0.1, 0.15) is 23.6 Å². The van der Waals surface area contributed by atoms with Gasteiger partial charge in [0.05, 0.1) is 25.2 Å². The van der Waals surface area contributed by atoms with E-state index >= 15 is 0 Å². The first-order valence-electron chi connectivity index (χ1n) is 6.86. The number of aromatic nitrogens is 1. The number of carbonyl (C=O) groups is 1. The van der Waals surface area contributed by atoms with Crippen molar-refractivity contribution in [3.8, 4) is 0 Å². The van der Waals surface area contributed by atoms with Crippen molar-refractivity contribution in [2.75, 3.05) is 7.11 Å². The van der Waals surface area contributed by atoms with E-state index in [4.69, 9.17) is 9.47 Å². The fourth-order valence-electron chi connectivity index (χ4n) is 4.07. The van der Waals surface area contributed by atoms with Crippen LogP contribution in [0, 0.1) is 24.7 Å². The summed E-state index contributed by atoms with van der Waals surface area (Å²) in [5.41, 5.74) is 2.15. The Morgan fingerprint density at radius 3 is 2.95 bits per heavy atom. The van der Waals surface area contributed by atoms with Crippen molar-refractivity contribution >= 4 is 5.97 Å². The fraction of sp³-hybridized carbons (Fsp3) is 0.600. The quantitative estimate of drug-likeness (QED) is 0.758. The highest BCUT2D eigenvalue weighted by molar-refractivity contribution is 5.76. The van der Waals surface area contributed by atoms with Crippen molar-refractivity contribution in [1.82, 2.24) is 4.98 Å². The highest BCUT2D eigenvalue weighted by Crippen LogP contribution is 2.65. The third kappa shape index (κ3) is 1.49. The van der Waals surface area contributed by atoms with Crippen LogP contribution in [0.4, 0.5) is 0 Å². The lowest BCUT2D eigenvalue weighted by molar-refractivity contribution is -0.148. The molecular weight excluding hydrogens is 242 g/mol. The van der Waals surface area contributed by atoms with Gasteiger partial charge in [-0.2, -0.15) is 0 Å². The summed E-state index contributed by atoms with van der Waals surface area (Å²) in [4.78, 5) is 16.4. The minimum Gasteiger partial charge on any atom is -0.469 e. The summed E-state index contributed by atoms with van der Waals surface area (Å²) in [7, 11) is 1.47.